The standard InChI is InChI=1S/C64H52N2/c1-43-29-35-50(36-30-43)65(49-19-7-4-8-20-49)60-40-34-48(41-44(60)2)64-57-26-12-11-25-56(57)63(58-39-33-47(42-59(58)64)53-22-10-9-21-52(53)45-17-5-3-6-18-45)46-31-37-51(38-32-46)66-61-27-15-13-23-54(61)55-24-14-16-28-62(55)66/h3-7,9-15,17-19,21-27,29,31-43H,8,16,20,28,30H2,1-2H3. The Morgan fingerprint density at radius 2 is 1.21 bits per heavy atom. The first-order valence-electron chi connectivity index (χ1n) is 23.8. The van der Waals surface area contributed by atoms with Gasteiger partial charge in [-0.05, 0) is 165 Å². The van der Waals surface area contributed by atoms with E-state index in [0.717, 1.165) is 32.1 Å². The van der Waals surface area contributed by atoms with Crippen molar-refractivity contribution in [2.24, 2.45) is 5.92 Å². The largest absolute Gasteiger partial charge is 0.314 e. The first-order valence-corrected chi connectivity index (χ1v) is 23.8. The summed E-state index contributed by atoms with van der Waals surface area (Å²) >= 11 is 0. The van der Waals surface area contributed by atoms with Crippen molar-refractivity contribution in [3.63, 3.8) is 0 Å². The molecule has 1 heterocycles. The third-order valence-corrected chi connectivity index (χ3v) is 14.2. The van der Waals surface area contributed by atoms with Gasteiger partial charge in [0.1, 0.15) is 0 Å². The van der Waals surface area contributed by atoms with E-state index >= 15 is 0 Å². The molecule has 0 amide bonds. The summed E-state index contributed by atoms with van der Waals surface area (Å²) in [6, 6.07) is 61.4. The van der Waals surface area contributed by atoms with E-state index < -0.39 is 0 Å². The molecule has 0 radical (unpaired) electrons. The van der Waals surface area contributed by atoms with Crippen LogP contribution in [0, 0.1) is 12.8 Å². The number of fused-ring (bicyclic) bond motifs is 5. The van der Waals surface area contributed by atoms with Crippen LogP contribution >= 0.6 is 0 Å². The number of aromatic nitrogens is 1. The average molecular weight is 849 g/mol. The van der Waals surface area contributed by atoms with Gasteiger partial charge in [-0.25, -0.2) is 0 Å². The van der Waals surface area contributed by atoms with Crippen LogP contribution in [0.4, 0.5) is 5.69 Å². The van der Waals surface area contributed by atoms with Crippen molar-refractivity contribution in [1.29, 1.82) is 0 Å². The Morgan fingerprint density at radius 1 is 0.545 bits per heavy atom. The number of hydrogen-bond donors (Lipinski definition) is 0. The van der Waals surface area contributed by atoms with Crippen LogP contribution in [0.2, 0.25) is 0 Å². The molecule has 3 aliphatic carbocycles. The number of aryl methyl sites for hydroxylation is 1. The van der Waals surface area contributed by atoms with Gasteiger partial charge in [0.2, 0.25) is 0 Å². The molecule has 1 unspecified atom stereocenters. The van der Waals surface area contributed by atoms with E-state index in [0.29, 0.717) is 5.92 Å². The predicted octanol–water partition coefficient (Wildman–Crippen LogP) is 17.4. The van der Waals surface area contributed by atoms with Crippen LogP contribution in [-0.4, -0.2) is 4.57 Å². The zero-order valence-electron chi connectivity index (χ0n) is 37.7. The number of nitrogens with zero attached hydrogens (tertiary/aromatic N) is 2. The van der Waals surface area contributed by atoms with Gasteiger partial charge in [-0.1, -0.05) is 171 Å². The van der Waals surface area contributed by atoms with Gasteiger partial charge < -0.3 is 9.47 Å². The molecule has 0 fully saturated rings. The van der Waals surface area contributed by atoms with Crippen molar-refractivity contribution >= 4 is 44.2 Å². The summed E-state index contributed by atoms with van der Waals surface area (Å²) in [7, 11) is 0. The third kappa shape index (κ3) is 6.88. The minimum absolute atomic E-state index is 0.550. The molecule has 12 rings (SSSR count). The third-order valence-electron chi connectivity index (χ3n) is 14.2. The highest BCUT2D eigenvalue weighted by molar-refractivity contribution is 6.22. The van der Waals surface area contributed by atoms with Gasteiger partial charge in [0.25, 0.3) is 0 Å². The maximum Gasteiger partial charge on any atom is 0.0537 e. The number of allylic oxidation sites excluding steroid dienone is 8. The lowest BCUT2D eigenvalue weighted by Crippen LogP contribution is -2.23. The van der Waals surface area contributed by atoms with E-state index in [9.17, 15) is 0 Å². The molecule has 0 saturated carbocycles. The van der Waals surface area contributed by atoms with Crippen LogP contribution in [-0.2, 0) is 6.42 Å². The van der Waals surface area contributed by atoms with Gasteiger partial charge in [-0.2, -0.15) is 0 Å². The Kier molecular flexibility index (Phi) is 10.1. The van der Waals surface area contributed by atoms with Crippen molar-refractivity contribution < 1.29 is 0 Å². The monoisotopic (exact) mass is 848 g/mol. The van der Waals surface area contributed by atoms with Crippen LogP contribution in [0.1, 0.15) is 49.4 Å². The van der Waals surface area contributed by atoms with Crippen molar-refractivity contribution in [3.8, 4) is 50.2 Å². The summed E-state index contributed by atoms with van der Waals surface area (Å²) in [6.07, 6.45) is 23.8. The Bertz CT molecular complexity index is 3520. The lowest BCUT2D eigenvalue weighted by atomic mass is 9.84. The van der Waals surface area contributed by atoms with Crippen molar-refractivity contribution in [2.45, 2.75) is 46.0 Å². The van der Waals surface area contributed by atoms with Crippen LogP contribution in [0.3, 0.4) is 0 Å². The zero-order chi connectivity index (χ0) is 44.1. The molecule has 8 aromatic carbocycles. The molecule has 2 heteroatoms. The first-order chi connectivity index (χ1) is 32.6. The van der Waals surface area contributed by atoms with Crippen LogP contribution in [0.15, 0.2) is 218 Å². The predicted molar refractivity (Wildman–Crippen MR) is 282 cm³/mol. The van der Waals surface area contributed by atoms with Gasteiger partial charge in [-0.15, -0.1) is 0 Å². The van der Waals surface area contributed by atoms with Crippen molar-refractivity contribution in [2.75, 3.05) is 4.90 Å². The molecule has 66 heavy (non-hydrogen) atoms. The molecule has 2 nitrogen and oxygen atoms in total. The molecular formula is C64H52N2. The maximum absolute atomic E-state index is 2.51. The Labute approximate surface area is 388 Å². The molecule has 318 valence electrons. The minimum Gasteiger partial charge on any atom is -0.314 e. The summed E-state index contributed by atoms with van der Waals surface area (Å²) in [5, 5.41) is 6.34. The number of anilines is 1. The highest BCUT2D eigenvalue weighted by Crippen LogP contribution is 2.47. The SMILES string of the molecule is Cc1cc(-c2c3ccccc3c(-c3ccc(-n4c5c(c6ccccc64)C=CCC5)cc3)c3ccc(-c4ccccc4-c4ccccc4)cc23)ccc1N(C1=CCC(C)C=C1)C1=CC=CCC1. The van der Waals surface area contributed by atoms with Crippen LogP contribution < -0.4 is 4.90 Å². The summed E-state index contributed by atoms with van der Waals surface area (Å²) < 4.78 is 2.49. The van der Waals surface area contributed by atoms with Crippen LogP contribution in [0.5, 0.6) is 0 Å². The topological polar surface area (TPSA) is 8.17 Å². The molecule has 1 atom stereocenters. The quantitative estimate of drug-likeness (QED) is 0.138. The fourth-order valence-corrected chi connectivity index (χ4v) is 11.0. The van der Waals surface area contributed by atoms with Crippen molar-refractivity contribution in [3.05, 3.63) is 235 Å². The molecule has 0 aliphatic heterocycles. The van der Waals surface area contributed by atoms with Gasteiger partial charge in [0.15, 0.2) is 0 Å². The highest BCUT2D eigenvalue weighted by Gasteiger charge is 2.24. The smallest absolute Gasteiger partial charge is 0.0537 e. The van der Waals surface area contributed by atoms with Gasteiger partial charge in [0, 0.05) is 39.4 Å². The van der Waals surface area contributed by atoms with Gasteiger partial charge in [0.05, 0.1) is 5.52 Å². The maximum atomic E-state index is 2.51. The van der Waals surface area contributed by atoms with E-state index in [-0.39, 0.29) is 0 Å². The number of para-hydroxylation sites is 1. The molecule has 0 saturated heterocycles. The second-order valence-electron chi connectivity index (χ2n) is 18.3. The van der Waals surface area contributed by atoms with E-state index in [4.69, 9.17) is 0 Å². The van der Waals surface area contributed by atoms with Gasteiger partial charge in [-0.3, -0.25) is 0 Å². The molecule has 3 aliphatic rings. The van der Waals surface area contributed by atoms with Crippen molar-refractivity contribution in [1.82, 2.24) is 4.57 Å². The summed E-state index contributed by atoms with van der Waals surface area (Å²) in [4.78, 5) is 2.51. The lowest BCUT2D eigenvalue weighted by molar-refractivity contribution is 0.725. The molecule has 1 aromatic heterocycles. The fraction of sp³-hybridized carbons (Fsp3) is 0.125. The molecule has 0 N–H and O–H groups in total. The second kappa shape index (κ2) is 16.7. The summed E-state index contributed by atoms with van der Waals surface area (Å²) in [5.41, 5.74) is 20.2. The lowest BCUT2D eigenvalue weighted by Gasteiger charge is -2.32. The highest BCUT2D eigenvalue weighted by atomic mass is 15.2. The molecular weight excluding hydrogens is 797 g/mol. The number of rotatable bonds is 8. The molecule has 0 spiro atoms. The van der Waals surface area contributed by atoms with E-state index in [1.54, 1.807) is 0 Å². The number of benzene rings is 8. The second-order valence-corrected chi connectivity index (χ2v) is 18.3. The minimum atomic E-state index is 0.550. The first kappa shape index (κ1) is 39.9. The van der Waals surface area contributed by atoms with E-state index in [1.165, 1.54) is 117 Å². The zero-order valence-corrected chi connectivity index (χ0v) is 37.7. The number of hydrogen-bond acceptors (Lipinski definition) is 1. The average Bonchev–Trinajstić information content (AvgIpc) is 3.71. The fourth-order valence-electron chi connectivity index (χ4n) is 11.0. The Morgan fingerprint density at radius 3 is 1.95 bits per heavy atom. The van der Waals surface area contributed by atoms with E-state index in [2.05, 4.69) is 236 Å². The normalized spacial score (nSPS) is 15.6. The Balaban J connectivity index is 1.06. The summed E-state index contributed by atoms with van der Waals surface area (Å²) in [5.74, 6) is 0.550. The summed E-state index contributed by atoms with van der Waals surface area (Å²) in [6.45, 7) is 4.59. The van der Waals surface area contributed by atoms with E-state index in [1.807, 2.05) is 0 Å². The van der Waals surface area contributed by atoms with Gasteiger partial charge >= 0.3 is 0 Å². The molecule has 0 bridgehead atoms. The Hall–Kier alpha value is -7.68. The molecule has 9 aromatic rings. The van der Waals surface area contributed by atoms with Crippen LogP contribution in [0.25, 0.3) is 88.7 Å².